The van der Waals surface area contributed by atoms with Gasteiger partial charge in [0, 0.05) is 30.3 Å². The number of aryl methyl sites for hydroxylation is 1. The lowest BCUT2D eigenvalue weighted by Gasteiger charge is -2.08. The van der Waals surface area contributed by atoms with E-state index in [1.807, 2.05) is 0 Å². The van der Waals surface area contributed by atoms with E-state index in [1.54, 1.807) is 6.07 Å². The summed E-state index contributed by atoms with van der Waals surface area (Å²) in [5, 5.41) is 10.0. The normalized spacial score (nSPS) is 11.0. The second kappa shape index (κ2) is 5.72. The number of nitrogens with zero attached hydrogens (tertiary/aromatic N) is 3. The van der Waals surface area contributed by atoms with Gasteiger partial charge in [-0.1, -0.05) is 15.9 Å². The Morgan fingerprint density at radius 2 is 1.88 bits per heavy atom. The molecule has 7 nitrogen and oxygen atoms in total. The summed E-state index contributed by atoms with van der Waals surface area (Å²) in [7, 11) is 2.86. The molecule has 1 N–H and O–H groups in total. The molecule has 0 aliphatic heterocycles. The minimum Gasteiger partial charge on any atom is -0.507 e. The first-order valence-electron chi connectivity index (χ1n) is 6.90. The molecule has 0 saturated carbocycles. The molecule has 0 saturated heterocycles. The van der Waals surface area contributed by atoms with Crippen LogP contribution >= 0.6 is 15.9 Å². The molecule has 0 amide bonds. The number of carbonyl (C=O) groups excluding carboxylic acids is 1. The first kappa shape index (κ1) is 16.1. The van der Waals surface area contributed by atoms with Crippen LogP contribution in [0.4, 0.5) is 0 Å². The van der Waals surface area contributed by atoms with E-state index >= 15 is 0 Å². The Morgan fingerprint density at radius 3 is 2.58 bits per heavy atom. The number of ketones is 1. The van der Waals surface area contributed by atoms with Crippen LogP contribution in [-0.4, -0.2) is 25.0 Å². The monoisotopic (exact) mass is 389 g/mol. The molecule has 0 spiro atoms. The number of pyridine rings is 1. The fourth-order valence-electron chi connectivity index (χ4n) is 2.44. The fourth-order valence-corrected chi connectivity index (χ4v) is 2.80. The summed E-state index contributed by atoms with van der Waals surface area (Å²) in [5.41, 5.74) is -0.602. The highest BCUT2D eigenvalue weighted by Gasteiger charge is 2.17. The number of carbonyl (C=O) groups is 1. The van der Waals surface area contributed by atoms with Gasteiger partial charge < -0.3 is 5.11 Å². The lowest BCUT2D eigenvalue weighted by molar-refractivity contribution is 0.103. The zero-order chi connectivity index (χ0) is 17.6. The topological polar surface area (TPSA) is 94.2 Å². The van der Waals surface area contributed by atoms with Gasteiger partial charge in [0.25, 0.3) is 5.56 Å². The van der Waals surface area contributed by atoms with Crippen molar-refractivity contribution in [2.75, 3.05) is 0 Å². The van der Waals surface area contributed by atoms with Crippen LogP contribution in [0.15, 0.2) is 44.5 Å². The van der Waals surface area contributed by atoms with E-state index in [4.69, 9.17) is 0 Å². The maximum atomic E-state index is 12.6. The van der Waals surface area contributed by atoms with Crippen LogP contribution in [0, 0.1) is 0 Å². The van der Waals surface area contributed by atoms with Crippen LogP contribution in [-0.2, 0) is 14.1 Å². The van der Waals surface area contributed by atoms with Gasteiger partial charge in [0.15, 0.2) is 5.78 Å². The first-order chi connectivity index (χ1) is 11.3. The minimum atomic E-state index is -0.534. The quantitative estimate of drug-likeness (QED) is 0.667. The van der Waals surface area contributed by atoms with Crippen LogP contribution in [0.25, 0.3) is 11.0 Å². The third kappa shape index (κ3) is 2.44. The van der Waals surface area contributed by atoms with Crippen LogP contribution in [0.2, 0.25) is 0 Å². The predicted octanol–water partition coefficient (Wildman–Crippen LogP) is 1.33. The number of aromatic hydroxyl groups is 1. The standard InChI is InChI=1S/C16H12BrN3O4/c1-19-14-11(15(23)20(2)16(19)24)5-8(7-18-14)13(22)10-6-9(17)3-4-12(10)21/h3-7,21H,1-2H3. The van der Waals surface area contributed by atoms with Crippen LogP contribution < -0.4 is 11.2 Å². The molecule has 3 rings (SSSR count). The van der Waals surface area contributed by atoms with Crippen molar-refractivity contribution < 1.29 is 9.90 Å². The van der Waals surface area contributed by atoms with Crippen molar-refractivity contribution >= 4 is 32.7 Å². The van der Waals surface area contributed by atoms with E-state index in [2.05, 4.69) is 20.9 Å². The zero-order valence-corrected chi connectivity index (χ0v) is 14.4. The van der Waals surface area contributed by atoms with Crippen molar-refractivity contribution in [3.05, 3.63) is 66.9 Å². The highest BCUT2D eigenvalue weighted by molar-refractivity contribution is 9.10. The van der Waals surface area contributed by atoms with Crippen molar-refractivity contribution in [1.29, 1.82) is 0 Å². The molecular formula is C16H12BrN3O4. The van der Waals surface area contributed by atoms with Gasteiger partial charge in [-0.2, -0.15) is 0 Å². The molecule has 122 valence electrons. The largest absolute Gasteiger partial charge is 0.507 e. The summed E-state index contributed by atoms with van der Waals surface area (Å²) in [6.45, 7) is 0. The zero-order valence-electron chi connectivity index (χ0n) is 12.8. The molecule has 0 bridgehead atoms. The molecule has 0 aliphatic rings. The van der Waals surface area contributed by atoms with Crippen LogP contribution in [0.3, 0.4) is 0 Å². The van der Waals surface area contributed by atoms with Crippen molar-refractivity contribution in [1.82, 2.24) is 14.1 Å². The molecule has 0 fully saturated rings. The van der Waals surface area contributed by atoms with E-state index in [0.29, 0.717) is 4.47 Å². The highest BCUT2D eigenvalue weighted by atomic mass is 79.9. The number of rotatable bonds is 2. The first-order valence-corrected chi connectivity index (χ1v) is 7.69. The maximum Gasteiger partial charge on any atom is 0.332 e. The Hall–Kier alpha value is -2.74. The smallest absolute Gasteiger partial charge is 0.332 e. The lowest BCUT2D eigenvalue weighted by atomic mass is 10.0. The third-order valence-electron chi connectivity index (χ3n) is 3.76. The summed E-state index contributed by atoms with van der Waals surface area (Å²) in [6, 6.07) is 5.87. The summed E-state index contributed by atoms with van der Waals surface area (Å²) < 4.78 is 2.83. The Bertz CT molecular complexity index is 1110. The molecule has 1 aromatic carbocycles. The molecule has 8 heteroatoms. The molecule has 3 aromatic rings. The van der Waals surface area contributed by atoms with Crippen molar-refractivity contribution in [2.24, 2.45) is 14.1 Å². The van der Waals surface area contributed by atoms with Crippen molar-refractivity contribution in [3.63, 3.8) is 0 Å². The number of hydrogen-bond acceptors (Lipinski definition) is 5. The van der Waals surface area contributed by atoms with Gasteiger partial charge in [0.05, 0.1) is 10.9 Å². The van der Waals surface area contributed by atoms with Gasteiger partial charge >= 0.3 is 5.69 Å². The van der Waals surface area contributed by atoms with Crippen LogP contribution in [0.5, 0.6) is 5.75 Å². The van der Waals surface area contributed by atoms with E-state index in [-0.39, 0.29) is 27.9 Å². The fraction of sp³-hybridized carbons (Fsp3) is 0.125. The van der Waals surface area contributed by atoms with Gasteiger partial charge in [-0.15, -0.1) is 0 Å². The number of phenolic OH excluding ortho intramolecular Hbond substituents is 1. The highest BCUT2D eigenvalue weighted by Crippen LogP contribution is 2.24. The van der Waals surface area contributed by atoms with Gasteiger partial charge in [0.2, 0.25) is 0 Å². The maximum absolute atomic E-state index is 12.6. The molecule has 0 radical (unpaired) electrons. The summed E-state index contributed by atoms with van der Waals surface area (Å²) in [5.74, 6) is -0.643. The average Bonchev–Trinajstić information content (AvgIpc) is 2.59. The molecular weight excluding hydrogens is 378 g/mol. The lowest BCUT2D eigenvalue weighted by Crippen LogP contribution is -2.37. The van der Waals surface area contributed by atoms with E-state index in [1.165, 1.54) is 43.1 Å². The number of fused-ring (bicyclic) bond motifs is 1. The molecule has 24 heavy (non-hydrogen) atoms. The van der Waals surface area contributed by atoms with Gasteiger partial charge in [-0.05, 0) is 24.3 Å². The molecule has 0 unspecified atom stereocenters. The summed E-state index contributed by atoms with van der Waals surface area (Å²) in [4.78, 5) is 40.9. The Morgan fingerprint density at radius 1 is 1.17 bits per heavy atom. The Balaban J connectivity index is 2.25. The number of aromatic nitrogens is 3. The second-order valence-electron chi connectivity index (χ2n) is 5.29. The SMILES string of the molecule is Cn1c(=O)c2cc(C(=O)c3cc(Br)ccc3O)cnc2n(C)c1=O. The van der Waals surface area contributed by atoms with E-state index < -0.39 is 17.0 Å². The number of halogens is 1. The average molecular weight is 390 g/mol. The second-order valence-corrected chi connectivity index (χ2v) is 6.21. The molecule has 0 atom stereocenters. The van der Waals surface area contributed by atoms with Gasteiger partial charge in [-0.25, -0.2) is 9.78 Å². The molecule has 2 aromatic heterocycles. The van der Waals surface area contributed by atoms with Crippen LogP contribution in [0.1, 0.15) is 15.9 Å². The third-order valence-corrected chi connectivity index (χ3v) is 4.25. The number of benzene rings is 1. The van der Waals surface area contributed by atoms with Crippen molar-refractivity contribution in [2.45, 2.75) is 0 Å². The number of hydrogen-bond donors (Lipinski definition) is 1. The Labute approximate surface area is 143 Å². The summed E-state index contributed by atoms with van der Waals surface area (Å²) >= 11 is 3.25. The Kier molecular flexibility index (Phi) is 3.84. The van der Waals surface area contributed by atoms with Crippen molar-refractivity contribution in [3.8, 4) is 5.75 Å². The minimum absolute atomic E-state index is 0.0900. The molecule has 2 heterocycles. The van der Waals surface area contributed by atoms with E-state index in [0.717, 1.165) is 4.57 Å². The van der Waals surface area contributed by atoms with Gasteiger partial charge in [0.1, 0.15) is 11.4 Å². The number of phenols is 1. The molecule has 0 aliphatic carbocycles. The van der Waals surface area contributed by atoms with E-state index in [9.17, 15) is 19.5 Å². The summed E-state index contributed by atoms with van der Waals surface area (Å²) in [6.07, 6.45) is 1.28. The predicted molar refractivity (Wildman–Crippen MR) is 91.5 cm³/mol. The van der Waals surface area contributed by atoms with Gasteiger partial charge in [-0.3, -0.25) is 18.7 Å².